The minimum Gasteiger partial charge on any atom is -0.493 e. The molecule has 0 fully saturated rings. The fourth-order valence-corrected chi connectivity index (χ4v) is 4.53. The van der Waals surface area contributed by atoms with Crippen molar-refractivity contribution in [1.82, 2.24) is 9.78 Å². The zero-order valence-corrected chi connectivity index (χ0v) is 21.6. The Bertz CT molecular complexity index is 1510. The first kappa shape index (κ1) is 27.8. The van der Waals surface area contributed by atoms with Crippen LogP contribution in [0.2, 0.25) is 0 Å². The molecule has 0 aliphatic carbocycles. The van der Waals surface area contributed by atoms with E-state index in [1.54, 1.807) is 30.3 Å². The third-order valence-electron chi connectivity index (χ3n) is 5.43. The highest BCUT2D eigenvalue weighted by molar-refractivity contribution is 7.99. The molecule has 0 N–H and O–H groups in total. The van der Waals surface area contributed by atoms with Gasteiger partial charge < -0.3 is 18.9 Å². The maximum absolute atomic E-state index is 14.5. The third kappa shape index (κ3) is 5.09. The van der Waals surface area contributed by atoms with E-state index in [2.05, 4.69) is 5.10 Å². The van der Waals surface area contributed by atoms with E-state index in [9.17, 15) is 26.7 Å². The van der Waals surface area contributed by atoms with Gasteiger partial charge in [-0.2, -0.15) is 9.78 Å². The fraction of sp³-hybridized carbons (Fsp3) is 0.154. The van der Waals surface area contributed by atoms with Crippen LogP contribution in [-0.4, -0.2) is 37.1 Å². The Labute approximate surface area is 223 Å². The Morgan fingerprint density at radius 1 is 0.795 bits per heavy atom. The maximum atomic E-state index is 14.5. The molecule has 0 amide bonds. The van der Waals surface area contributed by atoms with Crippen LogP contribution >= 0.6 is 11.8 Å². The summed E-state index contributed by atoms with van der Waals surface area (Å²) in [5.41, 5.74) is 0.410. The molecular weight excluding hydrogens is 547 g/mol. The van der Waals surface area contributed by atoms with Gasteiger partial charge in [0.2, 0.25) is 17.4 Å². The Kier molecular flexibility index (Phi) is 8.00. The van der Waals surface area contributed by atoms with E-state index in [4.69, 9.17) is 18.9 Å². The molecule has 7 nitrogen and oxygen atoms in total. The van der Waals surface area contributed by atoms with E-state index in [1.165, 1.54) is 45.1 Å². The van der Waals surface area contributed by atoms with Crippen molar-refractivity contribution < 1.29 is 45.7 Å². The Morgan fingerprint density at radius 3 is 1.85 bits per heavy atom. The molecule has 0 aliphatic rings. The van der Waals surface area contributed by atoms with Gasteiger partial charge in [-0.3, -0.25) is 0 Å². The van der Waals surface area contributed by atoms with Crippen molar-refractivity contribution in [3.8, 4) is 28.8 Å². The lowest BCUT2D eigenvalue weighted by Crippen LogP contribution is -2.13. The average Bonchev–Trinajstić information content (AvgIpc) is 3.26. The van der Waals surface area contributed by atoms with Crippen LogP contribution in [0.15, 0.2) is 52.3 Å². The lowest BCUT2D eigenvalue weighted by molar-refractivity contribution is 0.0717. The molecule has 1 aromatic heterocycles. The lowest BCUT2D eigenvalue weighted by atomic mass is 10.2. The molecule has 4 rings (SSSR count). The van der Waals surface area contributed by atoms with Crippen LogP contribution in [0.1, 0.15) is 16.1 Å². The number of rotatable bonds is 8. The Balaban J connectivity index is 1.86. The molecule has 0 spiro atoms. The normalized spacial score (nSPS) is 10.9. The van der Waals surface area contributed by atoms with E-state index in [-0.39, 0.29) is 51.0 Å². The average molecular weight is 567 g/mol. The van der Waals surface area contributed by atoms with Crippen LogP contribution in [0.25, 0.3) is 5.69 Å². The highest BCUT2D eigenvalue weighted by Gasteiger charge is 2.30. The molecular formula is C26H19F5N2O5S. The molecule has 3 aromatic carbocycles. The van der Waals surface area contributed by atoms with Gasteiger partial charge in [0.25, 0.3) is 0 Å². The summed E-state index contributed by atoms with van der Waals surface area (Å²) in [6, 6.07) is 10.9. The number of esters is 1. The van der Waals surface area contributed by atoms with E-state index >= 15 is 0 Å². The molecule has 4 aromatic rings. The number of hydrogen-bond donors (Lipinski definition) is 0. The van der Waals surface area contributed by atoms with Gasteiger partial charge in [-0.15, -0.1) is 0 Å². The predicted molar refractivity (Wildman–Crippen MR) is 130 cm³/mol. The molecule has 0 radical (unpaired) electrons. The molecule has 0 atom stereocenters. The maximum Gasteiger partial charge on any atom is 0.345 e. The number of methoxy groups -OCH3 is 3. The number of carbonyl (C=O) groups is 1. The summed E-state index contributed by atoms with van der Waals surface area (Å²) in [5.74, 6) is -11.4. The highest BCUT2D eigenvalue weighted by Crippen LogP contribution is 2.43. The van der Waals surface area contributed by atoms with Crippen molar-refractivity contribution in [1.29, 1.82) is 0 Å². The van der Waals surface area contributed by atoms with Gasteiger partial charge in [0.05, 0.1) is 48.1 Å². The molecule has 0 saturated carbocycles. The van der Waals surface area contributed by atoms with Gasteiger partial charge in [-0.1, -0.05) is 30.0 Å². The summed E-state index contributed by atoms with van der Waals surface area (Å²) in [6.07, 6.45) is 0. The number of carbonyl (C=O) groups excluding carboxylic acids is 1. The molecule has 1 heterocycles. The number of para-hydroxylation sites is 1. The van der Waals surface area contributed by atoms with Crippen molar-refractivity contribution in [2.75, 3.05) is 21.3 Å². The monoisotopic (exact) mass is 566 g/mol. The first-order valence-electron chi connectivity index (χ1n) is 11.0. The van der Waals surface area contributed by atoms with E-state index in [0.717, 1.165) is 0 Å². The number of hydrogen-bond acceptors (Lipinski definition) is 7. The number of aryl methyl sites for hydroxylation is 1. The van der Waals surface area contributed by atoms with Gasteiger partial charge in [0, 0.05) is 0 Å². The van der Waals surface area contributed by atoms with Crippen LogP contribution in [0.4, 0.5) is 22.0 Å². The van der Waals surface area contributed by atoms with E-state index in [1.807, 2.05) is 0 Å². The van der Waals surface area contributed by atoms with Gasteiger partial charge in [0.1, 0.15) is 0 Å². The standard InChI is InChI=1S/C26H19F5N2O5S/c1-12-23(39-24-20(30)18(28)17(27)19(29)21(24)31)25(33(32-12)14-8-6-5-7-9-14)38-26(34)13-10-15(35-2)22(37-4)16(11-13)36-3/h5-11H,1-4H3. The summed E-state index contributed by atoms with van der Waals surface area (Å²) < 4.78 is 93.0. The molecule has 39 heavy (non-hydrogen) atoms. The second-order valence-corrected chi connectivity index (χ2v) is 8.79. The zero-order valence-electron chi connectivity index (χ0n) is 20.8. The SMILES string of the molecule is COc1cc(C(=O)Oc2c(Sc3c(F)c(F)c(F)c(F)c3F)c(C)nn2-c2ccccc2)cc(OC)c1OC. The van der Waals surface area contributed by atoms with Gasteiger partial charge in [-0.25, -0.2) is 26.7 Å². The largest absolute Gasteiger partial charge is 0.493 e. The Hall–Kier alpha value is -4.26. The zero-order chi connectivity index (χ0) is 28.4. The highest BCUT2D eigenvalue weighted by atomic mass is 32.2. The van der Waals surface area contributed by atoms with Crippen LogP contribution in [0, 0.1) is 36.0 Å². The van der Waals surface area contributed by atoms with Crippen molar-refractivity contribution in [3.05, 3.63) is 82.8 Å². The molecule has 13 heteroatoms. The molecule has 0 saturated heterocycles. The van der Waals surface area contributed by atoms with E-state index in [0.29, 0.717) is 5.69 Å². The number of benzene rings is 3. The number of halogens is 5. The molecule has 204 valence electrons. The summed E-state index contributed by atoms with van der Waals surface area (Å²) in [5, 5.41) is 4.28. The van der Waals surface area contributed by atoms with Crippen LogP contribution < -0.4 is 18.9 Å². The minimum absolute atomic E-state index is 0.0600. The number of nitrogens with zero attached hydrogens (tertiary/aromatic N) is 2. The second-order valence-electron chi connectivity index (χ2n) is 7.77. The fourth-order valence-electron chi connectivity index (χ4n) is 3.57. The molecule has 0 unspecified atom stereocenters. The smallest absolute Gasteiger partial charge is 0.345 e. The minimum atomic E-state index is -2.29. The number of aromatic nitrogens is 2. The van der Waals surface area contributed by atoms with Crippen LogP contribution in [-0.2, 0) is 0 Å². The van der Waals surface area contributed by atoms with Gasteiger partial charge >= 0.3 is 5.97 Å². The van der Waals surface area contributed by atoms with Crippen LogP contribution in [0.3, 0.4) is 0 Å². The molecule has 0 aliphatic heterocycles. The van der Waals surface area contributed by atoms with Crippen molar-refractivity contribution in [3.63, 3.8) is 0 Å². The predicted octanol–water partition coefficient (Wildman–Crippen LogP) is 6.27. The van der Waals surface area contributed by atoms with Gasteiger partial charge in [0.15, 0.2) is 34.8 Å². The summed E-state index contributed by atoms with van der Waals surface area (Å²) in [4.78, 5) is 11.9. The van der Waals surface area contributed by atoms with Crippen molar-refractivity contribution in [2.24, 2.45) is 0 Å². The topological polar surface area (TPSA) is 71.8 Å². The second kappa shape index (κ2) is 11.2. The van der Waals surface area contributed by atoms with E-state index < -0.39 is 40.0 Å². The summed E-state index contributed by atoms with van der Waals surface area (Å²) in [7, 11) is 4.07. The number of ether oxygens (including phenoxy) is 4. The van der Waals surface area contributed by atoms with Gasteiger partial charge in [-0.05, 0) is 31.2 Å². The first-order chi connectivity index (χ1) is 18.6. The van der Waals surface area contributed by atoms with Crippen molar-refractivity contribution >= 4 is 17.7 Å². The quantitative estimate of drug-likeness (QED) is 0.108. The van der Waals surface area contributed by atoms with Crippen molar-refractivity contribution in [2.45, 2.75) is 16.7 Å². The molecule has 0 bridgehead atoms. The summed E-state index contributed by atoms with van der Waals surface area (Å²) in [6.45, 7) is 1.42. The summed E-state index contributed by atoms with van der Waals surface area (Å²) >= 11 is 0.179. The first-order valence-corrected chi connectivity index (χ1v) is 11.8. The lowest BCUT2D eigenvalue weighted by Gasteiger charge is -2.15. The van der Waals surface area contributed by atoms with Crippen LogP contribution in [0.5, 0.6) is 23.1 Å². The Morgan fingerprint density at radius 2 is 1.33 bits per heavy atom. The third-order valence-corrected chi connectivity index (χ3v) is 6.67.